The van der Waals surface area contributed by atoms with Gasteiger partial charge in [0.1, 0.15) is 5.60 Å². The van der Waals surface area contributed by atoms with Gasteiger partial charge in [0, 0.05) is 12.7 Å². The van der Waals surface area contributed by atoms with E-state index in [1.165, 1.54) is 0 Å². The van der Waals surface area contributed by atoms with E-state index in [1.807, 2.05) is 34.7 Å². The third-order valence-electron chi connectivity index (χ3n) is 2.13. The molecule has 1 heterocycles. The van der Waals surface area contributed by atoms with Gasteiger partial charge < -0.3 is 10.1 Å². The van der Waals surface area contributed by atoms with Gasteiger partial charge in [0.2, 0.25) is 0 Å². The molecule has 0 fully saturated rings. The molecule has 1 amide bonds. The second-order valence-corrected chi connectivity index (χ2v) is 5.62. The van der Waals surface area contributed by atoms with Gasteiger partial charge in [-0.15, -0.1) is 0 Å². The van der Waals surface area contributed by atoms with E-state index in [1.54, 1.807) is 4.68 Å². The average Bonchev–Trinajstić information content (AvgIpc) is 2.40. The third-order valence-corrected chi connectivity index (χ3v) is 3.16. The van der Waals surface area contributed by atoms with E-state index >= 15 is 0 Å². The number of carbonyl (C=O) groups is 1. The predicted octanol–water partition coefficient (Wildman–Crippen LogP) is 2.52. The monoisotopic (exact) mass is 303 g/mol. The van der Waals surface area contributed by atoms with Crippen LogP contribution in [0.15, 0.2) is 4.47 Å². The molecule has 0 aliphatic heterocycles. The zero-order chi connectivity index (χ0) is 13.2. The van der Waals surface area contributed by atoms with Gasteiger partial charge in [0.25, 0.3) is 0 Å². The van der Waals surface area contributed by atoms with Crippen molar-refractivity contribution < 1.29 is 9.53 Å². The Morgan fingerprint density at radius 1 is 1.53 bits per heavy atom. The molecule has 17 heavy (non-hydrogen) atoms. The fourth-order valence-electron chi connectivity index (χ4n) is 1.23. The minimum atomic E-state index is -0.485. The lowest BCUT2D eigenvalue weighted by Gasteiger charge is -2.19. The van der Waals surface area contributed by atoms with Crippen molar-refractivity contribution in [2.45, 2.75) is 39.8 Å². The van der Waals surface area contributed by atoms with Gasteiger partial charge in [-0.05, 0) is 43.6 Å². The highest BCUT2D eigenvalue weighted by atomic mass is 79.9. The molecule has 96 valence electrons. The van der Waals surface area contributed by atoms with Crippen molar-refractivity contribution in [2.75, 3.05) is 0 Å². The van der Waals surface area contributed by atoms with E-state index in [0.29, 0.717) is 6.54 Å². The Labute approximate surface area is 110 Å². The fraction of sp³-hybridized carbons (Fsp3) is 0.636. The van der Waals surface area contributed by atoms with Crippen molar-refractivity contribution >= 4 is 22.0 Å². The Morgan fingerprint density at radius 2 is 2.12 bits per heavy atom. The molecule has 0 aliphatic rings. The molecular formula is C11H18BrN3O2. The van der Waals surface area contributed by atoms with Gasteiger partial charge in [0.05, 0.1) is 16.7 Å². The van der Waals surface area contributed by atoms with E-state index < -0.39 is 11.7 Å². The van der Waals surface area contributed by atoms with Crippen molar-refractivity contribution in [2.24, 2.45) is 7.05 Å². The van der Waals surface area contributed by atoms with Gasteiger partial charge >= 0.3 is 6.09 Å². The number of alkyl carbamates (subject to hydrolysis) is 1. The summed E-state index contributed by atoms with van der Waals surface area (Å²) in [6, 6.07) is 0. The second-order valence-electron chi connectivity index (χ2n) is 4.83. The molecule has 1 aromatic heterocycles. The minimum Gasteiger partial charge on any atom is -0.444 e. The second kappa shape index (κ2) is 5.08. The summed E-state index contributed by atoms with van der Waals surface area (Å²) in [6.07, 6.45) is -0.437. The lowest BCUT2D eigenvalue weighted by atomic mass is 10.2. The first kappa shape index (κ1) is 14.0. The first-order valence-electron chi connectivity index (χ1n) is 5.35. The molecule has 1 N–H and O–H groups in total. The van der Waals surface area contributed by atoms with E-state index in [0.717, 1.165) is 15.9 Å². The summed E-state index contributed by atoms with van der Waals surface area (Å²) in [5, 5.41) is 6.95. The lowest BCUT2D eigenvalue weighted by Crippen LogP contribution is -2.32. The molecule has 6 heteroatoms. The first-order chi connectivity index (χ1) is 7.70. The van der Waals surface area contributed by atoms with Crippen molar-refractivity contribution in [1.82, 2.24) is 15.1 Å². The van der Waals surface area contributed by atoms with Crippen LogP contribution in [0.1, 0.15) is 32.2 Å². The Balaban J connectivity index is 2.56. The molecule has 1 rings (SSSR count). The number of nitrogens with zero attached hydrogens (tertiary/aromatic N) is 2. The van der Waals surface area contributed by atoms with Crippen LogP contribution in [0.3, 0.4) is 0 Å². The maximum Gasteiger partial charge on any atom is 0.407 e. The van der Waals surface area contributed by atoms with Crippen LogP contribution in [0.5, 0.6) is 0 Å². The number of ether oxygens (including phenoxy) is 1. The predicted molar refractivity (Wildman–Crippen MR) is 68.7 cm³/mol. The highest BCUT2D eigenvalue weighted by molar-refractivity contribution is 9.10. The SMILES string of the molecule is Cc1c(Br)c(CNC(=O)OC(C)(C)C)nn1C. The van der Waals surface area contributed by atoms with Gasteiger partial charge in [0.15, 0.2) is 0 Å². The molecule has 0 aliphatic carbocycles. The highest BCUT2D eigenvalue weighted by Crippen LogP contribution is 2.19. The number of hydrogen-bond acceptors (Lipinski definition) is 3. The molecule has 0 aromatic carbocycles. The quantitative estimate of drug-likeness (QED) is 0.913. The van der Waals surface area contributed by atoms with Gasteiger partial charge in [-0.1, -0.05) is 0 Å². The van der Waals surface area contributed by atoms with Crippen molar-refractivity contribution in [3.8, 4) is 0 Å². The highest BCUT2D eigenvalue weighted by Gasteiger charge is 2.17. The Kier molecular flexibility index (Phi) is 4.19. The fourth-order valence-corrected chi connectivity index (χ4v) is 1.71. The molecule has 0 saturated heterocycles. The van der Waals surface area contributed by atoms with Gasteiger partial charge in [-0.2, -0.15) is 5.10 Å². The Bertz CT molecular complexity index is 421. The number of rotatable bonds is 2. The number of carbonyl (C=O) groups excluding carboxylic acids is 1. The third kappa shape index (κ3) is 4.03. The van der Waals surface area contributed by atoms with Crippen molar-refractivity contribution in [1.29, 1.82) is 0 Å². The largest absolute Gasteiger partial charge is 0.444 e. The number of amides is 1. The maximum atomic E-state index is 11.5. The van der Waals surface area contributed by atoms with E-state index in [4.69, 9.17) is 4.74 Å². The number of aromatic nitrogens is 2. The average molecular weight is 304 g/mol. The lowest BCUT2D eigenvalue weighted by molar-refractivity contribution is 0.0522. The molecule has 5 nitrogen and oxygen atoms in total. The number of hydrogen-bond donors (Lipinski definition) is 1. The molecule has 0 bridgehead atoms. The van der Waals surface area contributed by atoms with Crippen LogP contribution in [0.25, 0.3) is 0 Å². The molecule has 0 spiro atoms. The normalized spacial score (nSPS) is 11.4. The van der Waals surface area contributed by atoms with Gasteiger partial charge in [-0.25, -0.2) is 4.79 Å². The first-order valence-corrected chi connectivity index (χ1v) is 6.15. The van der Waals surface area contributed by atoms with Gasteiger partial charge in [-0.3, -0.25) is 4.68 Å². The minimum absolute atomic E-state index is 0.344. The van der Waals surface area contributed by atoms with Crippen molar-refractivity contribution in [3.63, 3.8) is 0 Å². The summed E-state index contributed by atoms with van der Waals surface area (Å²) < 4.78 is 7.81. The molecule has 0 unspecified atom stereocenters. The Hall–Kier alpha value is -1.04. The topological polar surface area (TPSA) is 56.1 Å². The zero-order valence-corrected chi connectivity index (χ0v) is 12.4. The van der Waals surface area contributed by atoms with E-state index in [2.05, 4.69) is 26.3 Å². The summed E-state index contributed by atoms with van der Waals surface area (Å²) in [5.74, 6) is 0. The molecule has 0 saturated carbocycles. The maximum absolute atomic E-state index is 11.5. The van der Waals surface area contributed by atoms with Crippen LogP contribution >= 0.6 is 15.9 Å². The molecule has 1 aromatic rings. The zero-order valence-electron chi connectivity index (χ0n) is 10.8. The summed E-state index contributed by atoms with van der Waals surface area (Å²) in [7, 11) is 1.86. The smallest absolute Gasteiger partial charge is 0.407 e. The van der Waals surface area contributed by atoms with E-state index in [9.17, 15) is 4.79 Å². The number of aryl methyl sites for hydroxylation is 1. The standard InChI is InChI=1S/C11H18BrN3O2/c1-7-9(12)8(14-15(7)5)6-13-10(16)17-11(2,3)4/h6H2,1-5H3,(H,13,16). The van der Waals surface area contributed by atoms with E-state index in [-0.39, 0.29) is 0 Å². The van der Waals surface area contributed by atoms with Crippen LogP contribution in [0.2, 0.25) is 0 Å². The molecule has 0 radical (unpaired) electrons. The number of nitrogens with one attached hydrogen (secondary N) is 1. The number of halogens is 1. The van der Waals surface area contributed by atoms with Crippen molar-refractivity contribution in [3.05, 3.63) is 15.9 Å². The van der Waals surface area contributed by atoms with Crippen LogP contribution in [0.4, 0.5) is 4.79 Å². The summed E-state index contributed by atoms with van der Waals surface area (Å²) in [4.78, 5) is 11.5. The van der Waals surface area contributed by atoms with Crippen LogP contribution in [0, 0.1) is 6.92 Å². The summed E-state index contributed by atoms with van der Waals surface area (Å²) in [5.41, 5.74) is 1.32. The summed E-state index contributed by atoms with van der Waals surface area (Å²) >= 11 is 3.44. The Morgan fingerprint density at radius 3 is 2.53 bits per heavy atom. The molecule has 0 atom stereocenters. The van der Waals surface area contributed by atoms with Crippen LogP contribution in [-0.2, 0) is 18.3 Å². The van der Waals surface area contributed by atoms with Crippen LogP contribution in [-0.4, -0.2) is 21.5 Å². The van der Waals surface area contributed by atoms with Crippen LogP contribution < -0.4 is 5.32 Å². The molecular weight excluding hydrogens is 286 g/mol. The summed E-state index contributed by atoms with van der Waals surface area (Å²) in [6.45, 7) is 7.78.